The fourth-order valence-electron chi connectivity index (χ4n) is 6.13. The lowest BCUT2D eigenvalue weighted by molar-refractivity contribution is -0.129. The van der Waals surface area contributed by atoms with Crippen molar-refractivity contribution in [2.24, 2.45) is 29.4 Å². The van der Waals surface area contributed by atoms with Gasteiger partial charge in [0.05, 0.1) is 6.04 Å². The fraction of sp³-hybridized carbons (Fsp3) is 0.944. The van der Waals surface area contributed by atoms with E-state index in [4.69, 9.17) is 5.73 Å². The van der Waals surface area contributed by atoms with Crippen molar-refractivity contribution in [1.82, 2.24) is 10.2 Å². The van der Waals surface area contributed by atoms with Crippen molar-refractivity contribution in [2.45, 2.75) is 70.0 Å². The van der Waals surface area contributed by atoms with E-state index in [-0.39, 0.29) is 18.0 Å². The van der Waals surface area contributed by atoms with Crippen LogP contribution in [0.4, 0.5) is 0 Å². The van der Waals surface area contributed by atoms with Gasteiger partial charge in [0.1, 0.15) is 0 Å². The van der Waals surface area contributed by atoms with Crippen LogP contribution in [0.3, 0.4) is 0 Å². The predicted molar refractivity (Wildman–Crippen MR) is 87.2 cm³/mol. The molecule has 0 radical (unpaired) electrons. The van der Waals surface area contributed by atoms with E-state index < -0.39 is 0 Å². The largest absolute Gasteiger partial charge is 0.351 e. The van der Waals surface area contributed by atoms with E-state index in [1.807, 2.05) is 6.92 Å². The Labute approximate surface area is 134 Å². The van der Waals surface area contributed by atoms with Crippen molar-refractivity contribution in [3.8, 4) is 0 Å². The second-order valence-corrected chi connectivity index (χ2v) is 8.60. The molecule has 4 aliphatic carbocycles. The number of rotatable bonds is 4. The summed E-state index contributed by atoms with van der Waals surface area (Å²) in [5, 5.41) is 3.49. The van der Waals surface area contributed by atoms with Crippen molar-refractivity contribution >= 4 is 5.91 Å². The van der Waals surface area contributed by atoms with Crippen LogP contribution in [0.2, 0.25) is 0 Å². The van der Waals surface area contributed by atoms with Crippen LogP contribution in [0.15, 0.2) is 0 Å². The van der Waals surface area contributed by atoms with Crippen LogP contribution < -0.4 is 11.1 Å². The van der Waals surface area contributed by atoms with Crippen LogP contribution >= 0.6 is 0 Å². The molecule has 2 atom stereocenters. The number of amides is 1. The molecule has 22 heavy (non-hydrogen) atoms. The fourth-order valence-corrected chi connectivity index (χ4v) is 6.13. The smallest absolute Gasteiger partial charge is 0.237 e. The molecule has 4 heteroatoms. The summed E-state index contributed by atoms with van der Waals surface area (Å²) in [6.45, 7) is 3.91. The molecule has 0 aromatic rings. The molecule has 124 valence electrons. The third-order valence-corrected chi connectivity index (χ3v) is 6.72. The number of hydrogen-bond acceptors (Lipinski definition) is 3. The Morgan fingerprint density at radius 1 is 1.18 bits per heavy atom. The Morgan fingerprint density at radius 3 is 2.41 bits per heavy atom. The molecule has 0 aromatic heterocycles. The van der Waals surface area contributed by atoms with Gasteiger partial charge >= 0.3 is 0 Å². The highest BCUT2D eigenvalue weighted by molar-refractivity contribution is 5.82. The van der Waals surface area contributed by atoms with Crippen LogP contribution in [0, 0.1) is 23.7 Å². The minimum absolute atomic E-state index is 0.0724. The maximum Gasteiger partial charge on any atom is 0.237 e. The standard InChI is InChI=1S/C18H31N3O/c1-11(19)10-21-4-2-3-16(21)18(22)20-17-14-6-12-5-13(8-14)9-15(17)7-12/h11-17H,2-10,19H2,1H3,(H,20,22)/t11-,12?,13?,14?,15?,16+,17?/m0/s1. The zero-order valence-corrected chi connectivity index (χ0v) is 13.8. The molecule has 4 nitrogen and oxygen atoms in total. The summed E-state index contributed by atoms with van der Waals surface area (Å²) in [4.78, 5) is 15.1. The molecule has 1 amide bonds. The summed E-state index contributed by atoms with van der Waals surface area (Å²) in [6.07, 6.45) is 9.08. The quantitative estimate of drug-likeness (QED) is 0.832. The topological polar surface area (TPSA) is 58.4 Å². The lowest BCUT2D eigenvalue weighted by Gasteiger charge is -2.54. The Bertz CT molecular complexity index is 408. The summed E-state index contributed by atoms with van der Waals surface area (Å²) in [5.74, 6) is 3.76. The van der Waals surface area contributed by atoms with Crippen molar-refractivity contribution < 1.29 is 4.79 Å². The summed E-state index contributed by atoms with van der Waals surface area (Å²) in [7, 11) is 0. The van der Waals surface area contributed by atoms with Crippen molar-refractivity contribution in [3.05, 3.63) is 0 Å². The number of carbonyl (C=O) groups excluding carboxylic acids is 1. The number of carbonyl (C=O) groups is 1. The number of likely N-dealkylation sites (tertiary alicyclic amines) is 1. The molecule has 4 saturated carbocycles. The number of nitrogens with zero attached hydrogens (tertiary/aromatic N) is 1. The van der Waals surface area contributed by atoms with E-state index in [9.17, 15) is 4.79 Å². The van der Waals surface area contributed by atoms with E-state index >= 15 is 0 Å². The van der Waals surface area contributed by atoms with Gasteiger partial charge in [-0.15, -0.1) is 0 Å². The highest BCUT2D eigenvalue weighted by Gasteiger charge is 2.49. The number of hydrogen-bond donors (Lipinski definition) is 2. The average molecular weight is 305 g/mol. The zero-order chi connectivity index (χ0) is 15.3. The number of nitrogens with two attached hydrogens (primary N) is 1. The monoisotopic (exact) mass is 305 g/mol. The first kappa shape index (κ1) is 14.9. The summed E-state index contributed by atoms with van der Waals surface area (Å²) in [5.41, 5.74) is 5.94. The molecule has 0 spiro atoms. The van der Waals surface area contributed by atoms with Crippen LogP contribution in [0.25, 0.3) is 0 Å². The second-order valence-electron chi connectivity index (χ2n) is 8.60. The van der Waals surface area contributed by atoms with Gasteiger partial charge in [-0.3, -0.25) is 9.69 Å². The lowest BCUT2D eigenvalue weighted by Crippen LogP contribution is -2.58. The highest BCUT2D eigenvalue weighted by Crippen LogP contribution is 2.53. The van der Waals surface area contributed by atoms with Gasteiger partial charge in [-0.1, -0.05) is 0 Å². The Balaban J connectivity index is 1.39. The molecule has 1 saturated heterocycles. The van der Waals surface area contributed by atoms with Crippen LogP contribution in [-0.2, 0) is 4.79 Å². The SMILES string of the molecule is C[C@H](N)CN1CCC[C@@H]1C(=O)NC1C2CC3CC(C2)CC1C3. The van der Waals surface area contributed by atoms with Gasteiger partial charge in [0, 0.05) is 18.6 Å². The Morgan fingerprint density at radius 2 is 1.82 bits per heavy atom. The predicted octanol–water partition coefficient (Wildman–Crippen LogP) is 1.74. The molecule has 1 aliphatic heterocycles. The minimum Gasteiger partial charge on any atom is -0.351 e. The number of nitrogens with one attached hydrogen (secondary N) is 1. The normalized spacial score (nSPS) is 45.2. The van der Waals surface area contributed by atoms with Crippen molar-refractivity contribution in [1.29, 1.82) is 0 Å². The summed E-state index contributed by atoms with van der Waals surface area (Å²) in [6, 6.07) is 0.691. The molecular formula is C18H31N3O. The molecular weight excluding hydrogens is 274 g/mol. The van der Waals surface area contributed by atoms with Gasteiger partial charge in [-0.2, -0.15) is 0 Å². The van der Waals surface area contributed by atoms with Gasteiger partial charge in [0.2, 0.25) is 5.91 Å². The van der Waals surface area contributed by atoms with Gasteiger partial charge in [0.25, 0.3) is 0 Å². The Hall–Kier alpha value is -0.610. The van der Waals surface area contributed by atoms with E-state index in [0.717, 1.165) is 49.6 Å². The lowest BCUT2D eigenvalue weighted by atomic mass is 9.54. The van der Waals surface area contributed by atoms with Gasteiger partial charge in [0.15, 0.2) is 0 Å². The maximum atomic E-state index is 12.8. The first-order valence-corrected chi connectivity index (χ1v) is 9.40. The van der Waals surface area contributed by atoms with Crippen LogP contribution in [-0.4, -0.2) is 42.0 Å². The third-order valence-electron chi connectivity index (χ3n) is 6.72. The van der Waals surface area contributed by atoms with Crippen LogP contribution in [0.5, 0.6) is 0 Å². The molecule has 4 bridgehead atoms. The zero-order valence-electron chi connectivity index (χ0n) is 13.8. The van der Waals surface area contributed by atoms with Crippen molar-refractivity contribution in [3.63, 3.8) is 0 Å². The molecule has 0 unspecified atom stereocenters. The minimum atomic E-state index is 0.0724. The summed E-state index contributed by atoms with van der Waals surface area (Å²) < 4.78 is 0. The molecule has 0 aromatic carbocycles. The maximum absolute atomic E-state index is 12.8. The molecule has 3 N–H and O–H groups in total. The molecule has 5 aliphatic rings. The van der Waals surface area contributed by atoms with E-state index in [0.29, 0.717) is 6.04 Å². The van der Waals surface area contributed by atoms with Gasteiger partial charge in [-0.05, 0) is 82.1 Å². The van der Waals surface area contributed by atoms with Crippen LogP contribution in [0.1, 0.15) is 51.9 Å². The summed E-state index contributed by atoms with van der Waals surface area (Å²) >= 11 is 0. The van der Waals surface area contributed by atoms with E-state index in [2.05, 4.69) is 10.2 Å². The van der Waals surface area contributed by atoms with Crippen molar-refractivity contribution in [2.75, 3.05) is 13.1 Å². The first-order valence-electron chi connectivity index (χ1n) is 9.40. The van der Waals surface area contributed by atoms with Gasteiger partial charge < -0.3 is 11.1 Å². The molecule has 5 fully saturated rings. The first-order chi connectivity index (χ1) is 10.6. The van der Waals surface area contributed by atoms with Gasteiger partial charge in [-0.25, -0.2) is 0 Å². The third kappa shape index (κ3) is 2.69. The van der Waals surface area contributed by atoms with E-state index in [1.165, 1.54) is 32.1 Å². The molecule has 1 heterocycles. The average Bonchev–Trinajstić information content (AvgIpc) is 2.89. The second kappa shape index (κ2) is 5.79. The highest BCUT2D eigenvalue weighted by atomic mass is 16.2. The van der Waals surface area contributed by atoms with E-state index in [1.54, 1.807) is 0 Å². The Kier molecular flexibility index (Phi) is 3.93. The molecule has 5 rings (SSSR count).